The minimum atomic E-state index is -0.588. The van der Waals surface area contributed by atoms with Gasteiger partial charge in [0.2, 0.25) is 0 Å². The Labute approximate surface area is 93.6 Å². The molecule has 0 aliphatic carbocycles. The Morgan fingerprint density at radius 2 is 2.33 bits per heavy atom. The summed E-state index contributed by atoms with van der Waals surface area (Å²) in [4.78, 5) is 27.7. The third kappa shape index (κ3) is 3.58. The highest BCUT2D eigenvalue weighted by Gasteiger charge is 2.03. The summed E-state index contributed by atoms with van der Waals surface area (Å²) in [6.07, 6.45) is 1.29. The van der Waals surface area contributed by atoms with Crippen molar-refractivity contribution in [3.05, 3.63) is 21.2 Å². The number of hydrogen-bond donors (Lipinski definition) is 4. The molecule has 0 aliphatic heterocycles. The van der Waals surface area contributed by atoms with Crippen molar-refractivity contribution in [1.82, 2.24) is 15.3 Å². The highest BCUT2D eigenvalue weighted by molar-refractivity contribution is 9.10. The number of urea groups is 1. The molecule has 0 unspecified atom stereocenters. The molecule has 1 rings (SSSR count). The molecule has 0 bridgehead atoms. The number of nitrogens with one attached hydrogen (secondary N) is 3. The van der Waals surface area contributed by atoms with E-state index in [9.17, 15) is 9.59 Å². The zero-order valence-corrected chi connectivity index (χ0v) is 9.30. The van der Waals surface area contributed by atoms with Crippen LogP contribution in [0.3, 0.4) is 0 Å². The van der Waals surface area contributed by atoms with E-state index in [0.717, 1.165) is 0 Å². The van der Waals surface area contributed by atoms with Crippen molar-refractivity contribution in [3.8, 4) is 0 Å². The molecule has 0 aliphatic rings. The Bertz CT molecular complexity index is 405. The Morgan fingerprint density at radius 1 is 1.60 bits per heavy atom. The van der Waals surface area contributed by atoms with Crippen LogP contribution in [-0.2, 0) is 0 Å². The fourth-order valence-corrected chi connectivity index (χ4v) is 1.23. The van der Waals surface area contributed by atoms with Gasteiger partial charge in [-0.15, -0.1) is 0 Å². The average Bonchev–Trinajstić information content (AvgIpc) is 2.18. The Balaban J connectivity index is 2.48. The number of primary amides is 1. The van der Waals surface area contributed by atoms with Crippen LogP contribution in [0.1, 0.15) is 0 Å². The fraction of sp³-hybridized carbons (Fsp3) is 0.286. The topological polar surface area (TPSA) is 113 Å². The number of amides is 2. The molecule has 8 heteroatoms. The summed E-state index contributed by atoms with van der Waals surface area (Å²) in [6.45, 7) is 0.786. The minimum absolute atomic E-state index is 0.268. The van der Waals surface area contributed by atoms with E-state index in [4.69, 9.17) is 5.73 Å². The van der Waals surface area contributed by atoms with Crippen LogP contribution in [0.5, 0.6) is 0 Å². The molecule has 1 aromatic heterocycles. The highest BCUT2D eigenvalue weighted by atomic mass is 79.9. The van der Waals surface area contributed by atoms with Crippen LogP contribution in [0, 0.1) is 0 Å². The summed E-state index contributed by atoms with van der Waals surface area (Å²) in [5.41, 5.74) is 4.60. The lowest BCUT2D eigenvalue weighted by atomic mass is 10.5. The summed E-state index contributed by atoms with van der Waals surface area (Å²) in [6, 6.07) is -0.588. The summed E-state index contributed by atoms with van der Waals surface area (Å²) in [7, 11) is 0. The lowest BCUT2D eigenvalue weighted by Gasteiger charge is -2.06. The molecular formula is C7H10BrN5O2. The molecule has 7 nitrogen and oxygen atoms in total. The number of aromatic amines is 1. The number of rotatable bonds is 4. The zero-order valence-electron chi connectivity index (χ0n) is 7.71. The summed E-state index contributed by atoms with van der Waals surface area (Å²) in [5, 5.41) is 5.26. The summed E-state index contributed by atoms with van der Waals surface area (Å²) < 4.78 is 0.323. The second kappa shape index (κ2) is 5.35. The Kier molecular flexibility index (Phi) is 4.10. The van der Waals surface area contributed by atoms with E-state index in [1.165, 1.54) is 6.33 Å². The summed E-state index contributed by atoms with van der Waals surface area (Å²) in [5.74, 6) is 0.421. The van der Waals surface area contributed by atoms with Crippen molar-refractivity contribution in [2.75, 3.05) is 18.4 Å². The van der Waals surface area contributed by atoms with Gasteiger partial charge in [0, 0.05) is 13.1 Å². The molecule has 0 aromatic carbocycles. The molecule has 0 radical (unpaired) electrons. The maximum absolute atomic E-state index is 11.1. The monoisotopic (exact) mass is 275 g/mol. The normalized spacial score (nSPS) is 9.67. The van der Waals surface area contributed by atoms with Gasteiger partial charge >= 0.3 is 6.03 Å². The Hall–Kier alpha value is -1.57. The quantitative estimate of drug-likeness (QED) is 0.561. The molecule has 0 atom stereocenters. The van der Waals surface area contributed by atoms with Gasteiger partial charge < -0.3 is 21.4 Å². The maximum atomic E-state index is 11.1. The van der Waals surface area contributed by atoms with Crippen molar-refractivity contribution < 1.29 is 4.79 Å². The van der Waals surface area contributed by atoms with E-state index in [2.05, 4.69) is 36.5 Å². The highest BCUT2D eigenvalue weighted by Crippen LogP contribution is 2.11. The second-order valence-corrected chi connectivity index (χ2v) is 3.41. The van der Waals surface area contributed by atoms with Gasteiger partial charge in [-0.1, -0.05) is 0 Å². The average molecular weight is 276 g/mol. The third-order valence-corrected chi connectivity index (χ3v) is 2.25. The molecule has 1 heterocycles. The van der Waals surface area contributed by atoms with Gasteiger partial charge in [-0.3, -0.25) is 4.79 Å². The van der Waals surface area contributed by atoms with Crippen LogP contribution in [0.2, 0.25) is 0 Å². The zero-order chi connectivity index (χ0) is 11.3. The lowest BCUT2D eigenvalue weighted by Crippen LogP contribution is -2.33. The number of nitrogens with two attached hydrogens (primary N) is 1. The van der Waals surface area contributed by atoms with Crippen molar-refractivity contribution in [3.63, 3.8) is 0 Å². The molecule has 5 N–H and O–H groups in total. The van der Waals surface area contributed by atoms with E-state index in [1.807, 2.05) is 0 Å². The molecule has 0 fully saturated rings. The largest absolute Gasteiger partial charge is 0.367 e. The van der Waals surface area contributed by atoms with Crippen LogP contribution in [0.15, 0.2) is 15.6 Å². The first kappa shape index (κ1) is 11.5. The van der Waals surface area contributed by atoms with Crippen molar-refractivity contribution in [2.24, 2.45) is 5.73 Å². The molecule has 0 saturated heterocycles. The van der Waals surface area contributed by atoms with E-state index in [1.54, 1.807) is 0 Å². The van der Waals surface area contributed by atoms with Gasteiger partial charge in [0.15, 0.2) is 0 Å². The molecule has 82 valence electrons. The first-order valence-corrected chi connectivity index (χ1v) is 4.91. The van der Waals surface area contributed by atoms with Crippen LogP contribution in [0.4, 0.5) is 10.6 Å². The fourth-order valence-electron chi connectivity index (χ4n) is 0.873. The van der Waals surface area contributed by atoms with E-state index in [0.29, 0.717) is 23.4 Å². The van der Waals surface area contributed by atoms with Crippen LogP contribution in [0.25, 0.3) is 0 Å². The van der Waals surface area contributed by atoms with Crippen molar-refractivity contribution >= 4 is 27.8 Å². The number of H-pyrrole nitrogens is 1. The minimum Gasteiger partial charge on any atom is -0.367 e. The van der Waals surface area contributed by atoms with E-state index < -0.39 is 6.03 Å². The number of carbonyl (C=O) groups excluding carboxylic acids is 1. The molecule has 0 spiro atoms. The number of aromatic nitrogens is 2. The van der Waals surface area contributed by atoms with Crippen molar-refractivity contribution in [2.45, 2.75) is 0 Å². The number of hydrogen-bond acceptors (Lipinski definition) is 4. The SMILES string of the molecule is NC(=O)NCCNc1nc[nH]c(=O)c1Br. The van der Waals surface area contributed by atoms with Gasteiger partial charge in [-0.2, -0.15) is 0 Å². The number of nitrogens with zero attached hydrogens (tertiary/aromatic N) is 1. The van der Waals surface area contributed by atoms with Gasteiger partial charge in [-0.25, -0.2) is 9.78 Å². The summed E-state index contributed by atoms with van der Waals surface area (Å²) >= 11 is 3.08. The van der Waals surface area contributed by atoms with Gasteiger partial charge in [0.05, 0.1) is 6.33 Å². The molecule has 15 heavy (non-hydrogen) atoms. The van der Waals surface area contributed by atoms with Gasteiger partial charge in [-0.05, 0) is 15.9 Å². The number of carbonyl (C=O) groups is 1. The maximum Gasteiger partial charge on any atom is 0.312 e. The van der Waals surface area contributed by atoms with Gasteiger partial charge in [0.25, 0.3) is 5.56 Å². The smallest absolute Gasteiger partial charge is 0.312 e. The molecule has 2 amide bonds. The predicted octanol–water partition coefficient (Wildman–Crippen LogP) is -0.387. The Morgan fingerprint density at radius 3 is 3.00 bits per heavy atom. The third-order valence-electron chi connectivity index (χ3n) is 1.51. The second-order valence-electron chi connectivity index (χ2n) is 2.61. The first-order chi connectivity index (χ1) is 7.11. The van der Waals surface area contributed by atoms with Crippen LogP contribution < -0.4 is 21.9 Å². The molecule has 1 aromatic rings. The molecule has 0 saturated carbocycles. The van der Waals surface area contributed by atoms with Crippen molar-refractivity contribution in [1.29, 1.82) is 0 Å². The number of halogens is 1. The van der Waals surface area contributed by atoms with Crippen LogP contribution in [-0.4, -0.2) is 29.1 Å². The van der Waals surface area contributed by atoms with E-state index in [-0.39, 0.29) is 5.56 Å². The standard InChI is InChI=1S/C7H10BrN5O2/c8-4-5(12-3-13-6(4)14)10-1-2-11-7(9)15/h3H,1-2H2,(H3,9,11,15)(H2,10,12,13,14). The van der Waals surface area contributed by atoms with Crippen LogP contribution >= 0.6 is 15.9 Å². The first-order valence-electron chi connectivity index (χ1n) is 4.11. The van der Waals surface area contributed by atoms with E-state index >= 15 is 0 Å². The van der Waals surface area contributed by atoms with Gasteiger partial charge in [0.1, 0.15) is 10.3 Å². The lowest BCUT2D eigenvalue weighted by molar-refractivity contribution is 0.249. The molecular weight excluding hydrogens is 266 g/mol. The number of anilines is 1. The predicted molar refractivity (Wildman–Crippen MR) is 58.6 cm³/mol.